The van der Waals surface area contributed by atoms with Gasteiger partial charge in [-0.15, -0.1) is 0 Å². The molecule has 0 spiro atoms. The van der Waals surface area contributed by atoms with Crippen molar-refractivity contribution in [2.24, 2.45) is 5.41 Å². The highest BCUT2D eigenvalue weighted by molar-refractivity contribution is 5.21. The zero-order valence-electron chi connectivity index (χ0n) is 11.6. The van der Waals surface area contributed by atoms with E-state index in [1.807, 2.05) is 12.1 Å². The van der Waals surface area contributed by atoms with Gasteiger partial charge < -0.3 is 10.4 Å². The molecule has 0 aliphatic heterocycles. The number of aliphatic hydroxyl groups is 1. The first-order chi connectivity index (χ1) is 8.62. The molecule has 2 N–H and O–H groups in total. The maximum Gasteiger partial charge on any atom is 0.0681 e. The molecule has 2 rings (SSSR count). The lowest BCUT2D eigenvalue weighted by atomic mass is 9.73. The van der Waals surface area contributed by atoms with E-state index >= 15 is 0 Å². The van der Waals surface area contributed by atoms with E-state index in [0.29, 0.717) is 11.5 Å². The molecule has 1 aliphatic carbocycles. The van der Waals surface area contributed by atoms with Crippen molar-refractivity contribution in [2.75, 3.05) is 0 Å². The SMILES string of the molecule is CC1(C)CCCCC1NCc1ccc(CO)cc1. The van der Waals surface area contributed by atoms with Crippen LogP contribution in [-0.4, -0.2) is 11.1 Å². The molecule has 100 valence electrons. The third-order valence-corrected chi connectivity index (χ3v) is 4.27. The lowest BCUT2D eigenvalue weighted by Gasteiger charge is -2.39. The minimum atomic E-state index is 0.128. The number of aliphatic hydroxyl groups excluding tert-OH is 1. The molecule has 1 unspecified atom stereocenters. The lowest BCUT2D eigenvalue weighted by Crippen LogP contribution is -2.43. The molecule has 0 bridgehead atoms. The van der Waals surface area contributed by atoms with Gasteiger partial charge in [-0.1, -0.05) is 51.0 Å². The Hall–Kier alpha value is -0.860. The van der Waals surface area contributed by atoms with E-state index in [0.717, 1.165) is 12.1 Å². The minimum Gasteiger partial charge on any atom is -0.392 e. The third kappa shape index (κ3) is 3.33. The molecule has 2 nitrogen and oxygen atoms in total. The highest BCUT2D eigenvalue weighted by Crippen LogP contribution is 2.35. The summed E-state index contributed by atoms with van der Waals surface area (Å²) in [4.78, 5) is 0. The zero-order valence-corrected chi connectivity index (χ0v) is 11.6. The number of rotatable bonds is 4. The highest BCUT2D eigenvalue weighted by atomic mass is 16.3. The average molecular weight is 247 g/mol. The molecule has 0 aromatic heterocycles. The summed E-state index contributed by atoms with van der Waals surface area (Å²) in [6.45, 7) is 5.81. The van der Waals surface area contributed by atoms with Crippen LogP contribution in [0.4, 0.5) is 0 Å². The number of benzene rings is 1. The van der Waals surface area contributed by atoms with Crippen LogP contribution in [0.1, 0.15) is 50.7 Å². The van der Waals surface area contributed by atoms with Crippen molar-refractivity contribution in [3.05, 3.63) is 35.4 Å². The normalized spacial score (nSPS) is 22.9. The molecular formula is C16H25NO. The Balaban J connectivity index is 1.90. The fourth-order valence-corrected chi connectivity index (χ4v) is 2.88. The second-order valence-electron chi connectivity index (χ2n) is 6.14. The first-order valence-electron chi connectivity index (χ1n) is 7.04. The van der Waals surface area contributed by atoms with E-state index in [1.165, 1.54) is 31.2 Å². The molecule has 1 aliphatic rings. The van der Waals surface area contributed by atoms with E-state index in [-0.39, 0.29) is 6.61 Å². The molecule has 1 saturated carbocycles. The van der Waals surface area contributed by atoms with Gasteiger partial charge in [-0.25, -0.2) is 0 Å². The number of hydrogen-bond acceptors (Lipinski definition) is 2. The number of hydrogen-bond donors (Lipinski definition) is 2. The predicted molar refractivity (Wildman–Crippen MR) is 75.2 cm³/mol. The van der Waals surface area contributed by atoms with Crippen molar-refractivity contribution in [1.29, 1.82) is 0 Å². The van der Waals surface area contributed by atoms with Gasteiger partial charge in [-0.05, 0) is 29.4 Å². The van der Waals surface area contributed by atoms with Crippen molar-refractivity contribution in [2.45, 2.75) is 58.7 Å². The van der Waals surface area contributed by atoms with Crippen LogP contribution in [0.15, 0.2) is 24.3 Å². The van der Waals surface area contributed by atoms with Gasteiger partial charge in [0.15, 0.2) is 0 Å². The van der Waals surface area contributed by atoms with E-state index in [2.05, 4.69) is 31.3 Å². The lowest BCUT2D eigenvalue weighted by molar-refractivity contribution is 0.167. The van der Waals surface area contributed by atoms with Gasteiger partial charge in [-0.3, -0.25) is 0 Å². The molecule has 0 heterocycles. The van der Waals surface area contributed by atoms with Gasteiger partial charge >= 0.3 is 0 Å². The second-order valence-corrected chi connectivity index (χ2v) is 6.14. The molecule has 2 heteroatoms. The van der Waals surface area contributed by atoms with Gasteiger partial charge in [-0.2, -0.15) is 0 Å². The summed E-state index contributed by atoms with van der Waals surface area (Å²) in [6.07, 6.45) is 5.34. The summed E-state index contributed by atoms with van der Waals surface area (Å²) < 4.78 is 0. The Morgan fingerprint density at radius 3 is 2.44 bits per heavy atom. The quantitative estimate of drug-likeness (QED) is 0.856. The molecule has 0 radical (unpaired) electrons. The summed E-state index contributed by atoms with van der Waals surface area (Å²) >= 11 is 0. The molecule has 1 aromatic carbocycles. The van der Waals surface area contributed by atoms with E-state index in [9.17, 15) is 0 Å². The Morgan fingerprint density at radius 1 is 1.17 bits per heavy atom. The van der Waals surface area contributed by atoms with Crippen LogP contribution in [0.5, 0.6) is 0 Å². The molecule has 1 aromatic rings. The standard InChI is InChI=1S/C16H25NO/c1-16(2)10-4-3-5-15(16)17-11-13-6-8-14(12-18)9-7-13/h6-9,15,17-18H,3-5,10-12H2,1-2H3. The van der Waals surface area contributed by atoms with Gasteiger partial charge in [0.05, 0.1) is 6.61 Å². The zero-order chi connectivity index (χ0) is 13.0. The van der Waals surface area contributed by atoms with Crippen molar-refractivity contribution in [1.82, 2.24) is 5.32 Å². The molecule has 0 saturated heterocycles. The van der Waals surface area contributed by atoms with Crippen molar-refractivity contribution < 1.29 is 5.11 Å². The van der Waals surface area contributed by atoms with Crippen LogP contribution in [0, 0.1) is 5.41 Å². The summed E-state index contributed by atoms with van der Waals surface area (Å²) in [5.41, 5.74) is 2.70. The smallest absolute Gasteiger partial charge is 0.0681 e. The Kier molecular flexibility index (Phi) is 4.41. The van der Waals surface area contributed by atoms with Crippen LogP contribution in [0.3, 0.4) is 0 Å². The Bertz CT molecular complexity index is 369. The predicted octanol–water partition coefficient (Wildman–Crippen LogP) is 3.24. The fraction of sp³-hybridized carbons (Fsp3) is 0.625. The van der Waals surface area contributed by atoms with Gasteiger partial charge in [0.2, 0.25) is 0 Å². The molecule has 1 fully saturated rings. The van der Waals surface area contributed by atoms with Gasteiger partial charge in [0.25, 0.3) is 0 Å². The molecular weight excluding hydrogens is 222 g/mol. The van der Waals surface area contributed by atoms with E-state index in [4.69, 9.17) is 5.11 Å². The average Bonchev–Trinajstić information content (AvgIpc) is 2.38. The monoisotopic (exact) mass is 247 g/mol. The summed E-state index contributed by atoms with van der Waals surface area (Å²) in [5, 5.41) is 12.7. The molecule has 1 atom stereocenters. The topological polar surface area (TPSA) is 32.3 Å². The third-order valence-electron chi connectivity index (χ3n) is 4.27. The first-order valence-corrected chi connectivity index (χ1v) is 7.04. The van der Waals surface area contributed by atoms with Crippen LogP contribution in [0.25, 0.3) is 0 Å². The summed E-state index contributed by atoms with van der Waals surface area (Å²) in [6, 6.07) is 8.85. The van der Waals surface area contributed by atoms with E-state index in [1.54, 1.807) is 0 Å². The largest absolute Gasteiger partial charge is 0.392 e. The van der Waals surface area contributed by atoms with Crippen LogP contribution in [-0.2, 0) is 13.2 Å². The maximum absolute atomic E-state index is 9.02. The van der Waals surface area contributed by atoms with Crippen LogP contribution < -0.4 is 5.32 Å². The van der Waals surface area contributed by atoms with Crippen LogP contribution >= 0.6 is 0 Å². The summed E-state index contributed by atoms with van der Waals surface area (Å²) in [5.74, 6) is 0. The molecule has 18 heavy (non-hydrogen) atoms. The van der Waals surface area contributed by atoms with Crippen molar-refractivity contribution in [3.8, 4) is 0 Å². The molecule has 0 amide bonds. The van der Waals surface area contributed by atoms with Crippen molar-refractivity contribution in [3.63, 3.8) is 0 Å². The van der Waals surface area contributed by atoms with Gasteiger partial charge in [0.1, 0.15) is 0 Å². The fourth-order valence-electron chi connectivity index (χ4n) is 2.88. The first kappa shape index (κ1) is 13.6. The van der Waals surface area contributed by atoms with Gasteiger partial charge in [0, 0.05) is 12.6 Å². The minimum absolute atomic E-state index is 0.128. The van der Waals surface area contributed by atoms with Crippen molar-refractivity contribution >= 4 is 0 Å². The number of nitrogens with one attached hydrogen (secondary N) is 1. The maximum atomic E-state index is 9.02. The Labute approximate surface area is 110 Å². The van der Waals surface area contributed by atoms with E-state index < -0.39 is 0 Å². The Morgan fingerprint density at radius 2 is 1.83 bits per heavy atom. The summed E-state index contributed by atoms with van der Waals surface area (Å²) in [7, 11) is 0. The van der Waals surface area contributed by atoms with Crippen LogP contribution in [0.2, 0.25) is 0 Å². The highest BCUT2D eigenvalue weighted by Gasteiger charge is 2.31. The second kappa shape index (κ2) is 5.85.